The van der Waals surface area contributed by atoms with E-state index < -0.39 is 17.5 Å². The third-order valence-corrected chi connectivity index (χ3v) is 7.26. The summed E-state index contributed by atoms with van der Waals surface area (Å²) >= 11 is 5.80. The summed E-state index contributed by atoms with van der Waals surface area (Å²) in [4.78, 5) is 9.06. The third kappa shape index (κ3) is 5.55. The van der Waals surface area contributed by atoms with Crippen LogP contribution >= 0.6 is 11.6 Å². The highest BCUT2D eigenvalue weighted by atomic mass is 35.5. The Bertz CT molecular complexity index is 1660. The summed E-state index contributed by atoms with van der Waals surface area (Å²) in [6.45, 7) is 1.22. The molecule has 0 saturated carbocycles. The number of hydrogen-bond donors (Lipinski definition) is 0. The van der Waals surface area contributed by atoms with E-state index in [4.69, 9.17) is 26.1 Å². The van der Waals surface area contributed by atoms with Gasteiger partial charge in [-0.1, -0.05) is 35.9 Å². The Morgan fingerprint density at radius 3 is 2.52 bits per heavy atom. The van der Waals surface area contributed by atoms with Gasteiger partial charge in [-0.3, -0.25) is 0 Å². The summed E-state index contributed by atoms with van der Waals surface area (Å²) in [5.74, 6) is -1.11. The van der Waals surface area contributed by atoms with Gasteiger partial charge in [0.25, 0.3) is 0 Å². The van der Waals surface area contributed by atoms with Crippen molar-refractivity contribution in [1.82, 2.24) is 14.5 Å². The van der Waals surface area contributed by atoms with Crippen molar-refractivity contribution in [2.24, 2.45) is 0 Å². The minimum Gasteiger partial charge on any atom is -0.473 e. The summed E-state index contributed by atoms with van der Waals surface area (Å²) < 4.78 is 58.4. The van der Waals surface area contributed by atoms with Crippen molar-refractivity contribution >= 4 is 22.6 Å². The molecule has 9 heteroatoms. The molecule has 0 N–H and O–H groups in total. The maximum Gasteiger partial charge on any atom is 0.214 e. The third-order valence-electron chi connectivity index (χ3n) is 7.03. The summed E-state index contributed by atoms with van der Waals surface area (Å²) in [5.41, 5.74) is 2.50. The van der Waals surface area contributed by atoms with Crippen LogP contribution in [0.3, 0.4) is 0 Å². The van der Waals surface area contributed by atoms with E-state index in [2.05, 4.69) is 4.98 Å². The van der Waals surface area contributed by atoms with Crippen LogP contribution in [0.5, 0.6) is 5.88 Å². The lowest BCUT2D eigenvalue weighted by molar-refractivity contribution is 0.0973. The molecule has 0 bridgehead atoms. The van der Waals surface area contributed by atoms with Crippen LogP contribution in [-0.4, -0.2) is 27.2 Å². The Balaban J connectivity index is 1.25. The number of halogens is 4. The lowest BCUT2D eigenvalue weighted by Crippen LogP contribution is -2.17. The maximum atomic E-state index is 15.4. The summed E-state index contributed by atoms with van der Waals surface area (Å²) in [5, 5.41) is 0.286. The molecule has 0 amide bonds. The monoisotopic (exact) mass is 563 g/mol. The second-order valence-corrected chi connectivity index (χ2v) is 10.2. The van der Waals surface area contributed by atoms with E-state index >= 15 is 8.78 Å². The molecule has 40 heavy (non-hydrogen) atoms. The predicted molar refractivity (Wildman–Crippen MR) is 147 cm³/mol. The van der Waals surface area contributed by atoms with Crippen molar-refractivity contribution in [3.8, 4) is 17.1 Å². The van der Waals surface area contributed by atoms with Gasteiger partial charge < -0.3 is 14.0 Å². The normalized spacial score (nSPS) is 15.2. The predicted octanol–water partition coefficient (Wildman–Crippen LogP) is 7.52. The second kappa shape index (κ2) is 11.3. The van der Waals surface area contributed by atoms with E-state index in [-0.39, 0.29) is 41.2 Å². The number of rotatable bonds is 8. The number of para-hydroxylation sites is 2. The van der Waals surface area contributed by atoms with E-state index in [0.717, 1.165) is 30.5 Å². The van der Waals surface area contributed by atoms with Gasteiger partial charge >= 0.3 is 0 Å². The first-order chi connectivity index (χ1) is 19.4. The standard InChI is InChI=1S/C31H25ClF3N3O2/c32-21-11-10-19(24(33)15-21)18-40-31-9-3-7-27(37-31)20-13-25(34)23(26(35)14-20)16-30-36-28-6-1-2-8-29(28)38(30)17-22-5-4-12-39-22/h1-3,6-11,13-15,22H,4-5,12,16-18H2. The van der Waals surface area contributed by atoms with E-state index in [1.54, 1.807) is 24.3 Å². The minimum atomic E-state index is -0.693. The Morgan fingerprint density at radius 2 is 1.75 bits per heavy atom. The molecule has 1 atom stereocenters. The van der Waals surface area contributed by atoms with Crippen LogP contribution in [0.4, 0.5) is 13.2 Å². The highest BCUT2D eigenvalue weighted by Crippen LogP contribution is 2.28. The van der Waals surface area contributed by atoms with Crippen LogP contribution in [-0.2, 0) is 24.3 Å². The average molecular weight is 564 g/mol. The van der Waals surface area contributed by atoms with Crippen molar-refractivity contribution in [3.63, 3.8) is 0 Å². The molecule has 1 fully saturated rings. The largest absolute Gasteiger partial charge is 0.473 e. The zero-order valence-electron chi connectivity index (χ0n) is 21.4. The van der Waals surface area contributed by atoms with E-state index in [1.807, 2.05) is 28.8 Å². The molecule has 3 aromatic carbocycles. The molecule has 1 aliphatic heterocycles. The number of fused-ring (bicyclic) bond motifs is 1. The van der Waals surface area contributed by atoms with Crippen molar-refractivity contribution in [3.05, 3.63) is 112 Å². The molecule has 2 aromatic heterocycles. The van der Waals surface area contributed by atoms with Gasteiger partial charge in [-0.25, -0.2) is 23.1 Å². The van der Waals surface area contributed by atoms with Crippen LogP contribution in [0.1, 0.15) is 29.8 Å². The number of aromatic nitrogens is 3. The van der Waals surface area contributed by atoms with Crippen LogP contribution in [0.15, 0.2) is 72.8 Å². The topological polar surface area (TPSA) is 49.2 Å². The molecule has 0 aliphatic carbocycles. The van der Waals surface area contributed by atoms with E-state index in [1.165, 1.54) is 24.3 Å². The highest BCUT2D eigenvalue weighted by molar-refractivity contribution is 6.30. The second-order valence-electron chi connectivity index (χ2n) is 9.74. The zero-order valence-corrected chi connectivity index (χ0v) is 22.2. The van der Waals surface area contributed by atoms with Gasteiger partial charge in [0.2, 0.25) is 5.88 Å². The molecule has 1 saturated heterocycles. The number of imidazole rings is 1. The van der Waals surface area contributed by atoms with Crippen molar-refractivity contribution < 1.29 is 22.6 Å². The molecule has 204 valence electrons. The number of nitrogens with zero attached hydrogens (tertiary/aromatic N) is 3. The van der Waals surface area contributed by atoms with E-state index in [0.29, 0.717) is 23.6 Å². The highest BCUT2D eigenvalue weighted by Gasteiger charge is 2.22. The van der Waals surface area contributed by atoms with Crippen LogP contribution in [0, 0.1) is 17.5 Å². The molecule has 6 rings (SSSR count). The molecule has 3 heterocycles. The molecule has 0 radical (unpaired) electrons. The lowest BCUT2D eigenvalue weighted by Gasteiger charge is -2.15. The first-order valence-electron chi connectivity index (χ1n) is 13.0. The molecule has 5 aromatic rings. The molecule has 0 spiro atoms. The van der Waals surface area contributed by atoms with Crippen molar-refractivity contribution in [2.45, 2.75) is 38.5 Å². The van der Waals surface area contributed by atoms with Crippen molar-refractivity contribution in [1.29, 1.82) is 0 Å². The van der Waals surface area contributed by atoms with Crippen LogP contribution < -0.4 is 4.74 Å². The lowest BCUT2D eigenvalue weighted by atomic mass is 10.0. The fourth-order valence-corrected chi connectivity index (χ4v) is 5.14. The van der Waals surface area contributed by atoms with Gasteiger partial charge in [0, 0.05) is 40.8 Å². The molecule has 1 aliphatic rings. The molecule has 5 nitrogen and oxygen atoms in total. The summed E-state index contributed by atoms with van der Waals surface area (Å²) in [7, 11) is 0. The number of pyridine rings is 1. The minimum absolute atomic E-state index is 0.0113. The Hall–Kier alpha value is -3.88. The summed E-state index contributed by atoms with van der Waals surface area (Å²) in [6.07, 6.45) is 1.97. The number of ether oxygens (including phenoxy) is 2. The molecular weight excluding hydrogens is 539 g/mol. The fourth-order valence-electron chi connectivity index (χ4n) is 4.98. The smallest absolute Gasteiger partial charge is 0.214 e. The molecular formula is C31H25ClF3N3O2. The Labute approximate surface area is 234 Å². The first kappa shape index (κ1) is 26.3. The van der Waals surface area contributed by atoms with Gasteiger partial charge in [0.15, 0.2) is 0 Å². The van der Waals surface area contributed by atoms with Gasteiger partial charge in [-0.15, -0.1) is 0 Å². The van der Waals surface area contributed by atoms with Crippen molar-refractivity contribution in [2.75, 3.05) is 6.61 Å². The molecule has 1 unspecified atom stereocenters. The van der Waals surface area contributed by atoms with E-state index in [9.17, 15) is 4.39 Å². The number of benzene rings is 3. The van der Waals surface area contributed by atoms with Gasteiger partial charge in [-0.2, -0.15) is 0 Å². The number of hydrogen-bond acceptors (Lipinski definition) is 4. The zero-order chi connectivity index (χ0) is 27.6. The average Bonchev–Trinajstić information content (AvgIpc) is 3.58. The Morgan fingerprint density at radius 1 is 0.925 bits per heavy atom. The fraction of sp³-hybridized carbons (Fsp3) is 0.226. The Kier molecular flexibility index (Phi) is 7.45. The SMILES string of the molecule is Fc1cc(Cl)ccc1COc1cccc(-c2cc(F)c(Cc3nc4ccccc4n3CC3CCCO3)c(F)c2)n1. The summed E-state index contributed by atoms with van der Waals surface area (Å²) in [6, 6.07) is 19.4. The van der Waals surface area contributed by atoms with Crippen LogP contribution in [0.2, 0.25) is 5.02 Å². The van der Waals surface area contributed by atoms with Gasteiger partial charge in [0.05, 0.1) is 29.4 Å². The maximum absolute atomic E-state index is 15.4. The quantitative estimate of drug-likeness (QED) is 0.196. The van der Waals surface area contributed by atoms with Gasteiger partial charge in [0.1, 0.15) is 29.9 Å². The van der Waals surface area contributed by atoms with Crippen LogP contribution in [0.25, 0.3) is 22.3 Å². The first-order valence-corrected chi connectivity index (χ1v) is 13.4. The van der Waals surface area contributed by atoms with Gasteiger partial charge in [-0.05, 0) is 55.3 Å².